The molecular weight excluding hydrogens is 438 g/mol. The number of halogens is 4. The fourth-order valence-corrected chi connectivity index (χ4v) is 2.89. The first-order chi connectivity index (χ1) is 11.0. The van der Waals surface area contributed by atoms with Gasteiger partial charge >= 0.3 is 6.18 Å². The normalized spacial score (nSPS) is 23.8. The molecule has 0 amide bonds. The van der Waals surface area contributed by atoms with Crippen molar-refractivity contribution in [3.8, 4) is 0 Å². The molecule has 0 aromatic rings. The molecule has 2 rings (SSSR count). The zero-order valence-corrected chi connectivity index (χ0v) is 16.3. The van der Waals surface area contributed by atoms with Gasteiger partial charge in [0.05, 0.1) is 19.8 Å². The third-order valence-corrected chi connectivity index (χ3v) is 4.06. The Balaban J connectivity index is 0.00000288. The monoisotopic (exact) mass is 465 g/mol. The lowest BCUT2D eigenvalue weighted by Gasteiger charge is -2.27. The molecule has 6 nitrogen and oxygen atoms in total. The summed E-state index contributed by atoms with van der Waals surface area (Å²) in [5.41, 5.74) is 0. The third kappa shape index (κ3) is 8.17. The molecule has 0 aromatic carbocycles. The number of hydrogen-bond donors (Lipinski definition) is 2. The van der Waals surface area contributed by atoms with Crippen LogP contribution in [0, 0.1) is 0 Å². The van der Waals surface area contributed by atoms with Gasteiger partial charge in [0.25, 0.3) is 0 Å². The van der Waals surface area contributed by atoms with Gasteiger partial charge in [-0.25, -0.2) is 0 Å². The number of nitrogens with one attached hydrogen (secondary N) is 2. The van der Waals surface area contributed by atoms with E-state index in [1.54, 1.807) is 7.05 Å². The first-order valence-electron chi connectivity index (χ1n) is 8.02. The first-order valence-corrected chi connectivity index (χ1v) is 8.02. The lowest BCUT2D eigenvalue weighted by Crippen LogP contribution is -2.48. The molecule has 2 aliphatic heterocycles. The van der Waals surface area contributed by atoms with Crippen LogP contribution in [0.4, 0.5) is 13.2 Å². The molecule has 2 heterocycles. The molecule has 0 saturated carbocycles. The largest absolute Gasteiger partial charge is 0.401 e. The van der Waals surface area contributed by atoms with E-state index >= 15 is 0 Å². The lowest BCUT2D eigenvalue weighted by molar-refractivity contribution is -0.143. The van der Waals surface area contributed by atoms with Gasteiger partial charge in [0.2, 0.25) is 0 Å². The van der Waals surface area contributed by atoms with E-state index in [2.05, 4.69) is 20.5 Å². The molecule has 24 heavy (non-hydrogen) atoms. The molecule has 0 aliphatic carbocycles. The highest BCUT2D eigenvalue weighted by Gasteiger charge is 2.34. The second-order valence-electron chi connectivity index (χ2n) is 5.93. The molecule has 1 atom stereocenters. The fraction of sp³-hybridized carbons (Fsp3) is 0.929. The zero-order chi connectivity index (χ0) is 16.7. The number of aliphatic imine (C=N–C) groups is 1. The second-order valence-corrected chi connectivity index (χ2v) is 5.93. The Labute approximate surface area is 158 Å². The average molecular weight is 465 g/mol. The maximum Gasteiger partial charge on any atom is 0.401 e. The summed E-state index contributed by atoms with van der Waals surface area (Å²) >= 11 is 0. The van der Waals surface area contributed by atoms with E-state index in [4.69, 9.17) is 4.74 Å². The van der Waals surface area contributed by atoms with Crippen molar-refractivity contribution in [1.29, 1.82) is 0 Å². The topological polar surface area (TPSA) is 52.1 Å². The molecule has 10 heteroatoms. The van der Waals surface area contributed by atoms with Crippen LogP contribution in [-0.4, -0.2) is 94.1 Å². The minimum atomic E-state index is -4.13. The van der Waals surface area contributed by atoms with Crippen molar-refractivity contribution < 1.29 is 17.9 Å². The quantitative estimate of drug-likeness (QED) is 0.357. The SMILES string of the molecule is CN=C(NCCN1CCOCC1)NC1CCN(CC(F)(F)F)C1.I. The van der Waals surface area contributed by atoms with Gasteiger partial charge in [-0.2, -0.15) is 13.2 Å². The van der Waals surface area contributed by atoms with Crippen LogP contribution >= 0.6 is 24.0 Å². The summed E-state index contributed by atoms with van der Waals surface area (Å²) in [5, 5.41) is 6.43. The summed E-state index contributed by atoms with van der Waals surface area (Å²) in [7, 11) is 1.67. The highest BCUT2D eigenvalue weighted by molar-refractivity contribution is 14.0. The molecule has 0 spiro atoms. The molecule has 0 bridgehead atoms. The van der Waals surface area contributed by atoms with E-state index in [-0.39, 0.29) is 30.0 Å². The van der Waals surface area contributed by atoms with Gasteiger partial charge in [-0.05, 0) is 6.42 Å². The smallest absolute Gasteiger partial charge is 0.379 e. The summed E-state index contributed by atoms with van der Waals surface area (Å²) in [6, 6.07) is 0.00642. The predicted molar refractivity (Wildman–Crippen MR) is 98.1 cm³/mol. The van der Waals surface area contributed by atoms with Gasteiger partial charge in [0.15, 0.2) is 5.96 Å². The molecule has 2 saturated heterocycles. The maximum atomic E-state index is 12.4. The number of likely N-dealkylation sites (tertiary alicyclic amines) is 1. The molecule has 1 unspecified atom stereocenters. The van der Waals surface area contributed by atoms with Crippen LogP contribution in [0.3, 0.4) is 0 Å². The molecule has 0 radical (unpaired) electrons. The van der Waals surface area contributed by atoms with Gasteiger partial charge in [-0.1, -0.05) is 0 Å². The van der Waals surface area contributed by atoms with Crippen LogP contribution in [0.1, 0.15) is 6.42 Å². The standard InChI is InChI=1S/C14H26F3N5O.HI/c1-18-13(19-3-5-21-6-8-23-9-7-21)20-12-2-4-22(10-12)11-14(15,16)17;/h12H,2-11H2,1H3,(H2,18,19,20);1H. The van der Waals surface area contributed by atoms with Crippen LogP contribution in [0.5, 0.6) is 0 Å². The minimum Gasteiger partial charge on any atom is -0.379 e. The number of ether oxygens (including phenoxy) is 1. The van der Waals surface area contributed by atoms with Crippen molar-refractivity contribution in [1.82, 2.24) is 20.4 Å². The molecule has 142 valence electrons. The van der Waals surface area contributed by atoms with Crippen LogP contribution in [-0.2, 0) is 4.74 Å². The number of alkyl halides is 3. The van der Waals surface area contributed by atoms with Crippen molar-refractivity contribution >= 4 is 29.9 Å². The van der Waals surface area contributed by atoms with Crippen molar-refractivity contribution in [2.45, 2.75) is 18.6 Å². The van der Waals surface area contributed by atoms with Crippen molar-refractivity contribution in [2.24, 2.45) is 4.99 Å². The Hall–Kier alpha value is -0.330. The minimum absolute atomic E-state index is 0. The summed E-state index contributed by atoms with van der Waals surface area (Å²) in [5.74, 6) is 0.650. The van der Waals surface area contributed by atoms with E-state index in [9.17, 15) is 13.2 Å². The Bertz CT molecular complexity index is 391. The average Bonchev–Trinajstić information content (AvgIpc) is 2.92. The van der Waals surface area contributed by atoms with Crippen LogP contribution in [0.15, 0.2) is 4.99 Å². The van der Waals surface area contributed by atoms with Gasteiger partial charge < -0.3 is 15.4 Å². The summed E-state index contributed by atoms with van der Waals surface area (Å²) in [6.07, 6.45) is -3.44. The summed E-state index contributed by atoms with van der Waals surface area (Å²) in [4.78, 5) is 7.88. The maximum absolute atomic E-state index is 12.4. The third-order valence-electron chi connectivity index (χ3n) is 4.06. The zero-order valence-electron chi connectivity index (χ0n) is 13.9. The highest BCUT2D eigenvalue weighted by Crippen LogP contribution is 2.19. The Morgan fingerprint density at radius 1 is 1.21 bits per heavy atom. The number of guanidine groups is 1. The first kappa shape index (κ1) is 21.7. The lowest BCUT2D eigenvalue weighted by atomic mass is 10.3. The van der Waals surface area contributed by atoms with Crippen LogP contribution in [0.25, 0.3) is 0 Å². The van der Waals surface area contributed by atoms with E-state index in [1.165, 1.54) is 4.90 Å². The Morgan fingerprint density at radius 2 is 1.92 bits per heavy atom. The number of nitrogens with zero attached hydrogens (tertiary/aromatic N) is 3. The molecule has 2 aliphatic rings. The molecule has 0 aromatic heterocycles. The molecule has 2 N–H and O–H groups in total. The predicted octanol–water partition coefficient (Wildman–Crippen LogP) is 0.738. The number of rotatable bonds is 5. The van der Waals surface area contributed by atoms with Crippen molar-refractivity contribution in [3.63, 3.8) is 0 Å². The second kappa shape index (κ2) is 10.6. The highest BCUT2D eigenvalue weighted by atomic mass is 127. The van der Waals surface area contributed by atoms with Crippen LogP contribution < -0.4 is 10.6 Å². The van der Waals surface area contributed by atoms with Gasteiger partial charge in [0.1, 0.15) is 0 Å². The van der Waals surface area contributed by atoms with E-state index < -0.39 is 12.7 Å². The Morgan fingerprint density at radius 3 is 2.54 bits per heavy atom. The van der Waals surface area contributed by atoms with E-state index in [0.29, 0.717) is 25.5 Å². The number of hydrogen-bond acceptors (Lipinski definition) is 4. The van der Waals surface area contributed by atoms with Gasteiger partial charge in [-0.15, -0.1) is 24.0 Å². The summed E-state index contributed by atoms with van der Waals surface area (Å²) < 4.78 is 42.5. The van der Waals surface area contributed by atoms with Gasteiger partial charge in [-0.3, -0.25) is 14.8 Å². The molecule has 2 fully saturated rings. The number of morpholine rings is 1. The molecular formula is C14H27F3IN5O. The van der Waals surface area contributed by atoms with E-state index in [1.807, 2.05) is 0 Å². The fourth-order valence-electron chi connectivity index (χ4n) is 2.89. The van der Waals surface area contributed by atoms with Crippen molar-refractivity contribution in [2.75, 3.05) is 66.1 Å². The van der Waals surface area contributed by atoms with Gasteiger partial charge in [0, 0.05) is 52.4 Å². The van der Waals surface area contributed by atoms with Crippen LogP contribution in [0.2, 0.25) is 0 Å². The summed E-state index contributed by atoms with van der Waals surface area (Å²) in [6.45, 7) is 5.06. The Kier molecular flexibility index (Phi) is 9.60. The van der Waals surface area contributed by atoms with Crippen molar-refractivity contribution in [3.05, 3.63) is 0 Å². The van der Waals surface area contributed by atoms with E-state index in [0.717, 1.165) is 39.4 Å².